The third-order valence-electron chi connectivity index (χ3n) is 4.00. The Morgan fingerprint density at radius 2 is 1.81 bits per heavy atom. The van der Waals surface area contributed by atoms with Gasteiger partial charge in [0.1, 0.15) is 5.75 Å². The molecule has 2 aromatic rings. The third-order valence-corrected chi connectivity index (χ3v) is 4.00. The number of aryl methyl sites for hydroxylation is 1. The van der Waals surface area contributed by atoms with E-state index in [1.165, 1.54) is 4.90 Å². The van der Waals surface area contributed by atoms with Crippen LogP contribution in [0, 0.1) is 0 Å². The fourth-order valence-corrected chi connectivity index (χ4v) is 2.49. The number of carboxylic acid groups (broad SMARTS) is 1. The Morgan fingerprint density at radius 1 is 1.11 bits per heavy atom. The highest BCUT2D eigenvalue weighted by atomic mass is 16.5. The molecule has 0 aromatic heterocycles. The lowest BCUT2D eigenvalue weighted by molar-refractivity contribution is -0.139. The van der Waals surface area contributed by atoms with Crippen molar-refractivity contribution in [1.82, 2.24) is 5.32 Å². The number of benzene rings is 2. The lowest BCUT2D eigenvalue weighted by atomic mass is 10.1. The topological polar surface area (TPSA) is 95.9 Å². The lowest BCUT2D eigenvalue weighted by Crippen LogP contribution is -2.26. The molecule has 0 saturated heterocycles. The molecule has 0 bridgehead atoms. The number of anilines is 1. The van der Waals surface area contributed by atoms with Crippen molar-refractivity contribution in [2.24, 2.45) is 0 Å². The van der Waals surface area contributed by atoms with E-state index in [1.54, 1.807) is 56.6 Å². The van der Waals surface area contributed by atoms with Gasteiger partial charge in [0.05, 0.1) is 0 Å². The van der Waals surface area contributed by atoms with E-state index in [2.05, 4.69) is 5.32 Å². The smallest absolute Gasteiger partial charge is 0.341 e. The molecule has 7 nitrogen and oxygen atoms in total. The summed E-state index contributed by atoms with van der Waals surface area (Å²) >= 11 is 0. The number of aliphatic carboxylic acids is 1. The standard InChI is InChI=1S/C20H22N2O5/c1-21-20(26)15-5-3-4-14(12-15)6-11-18(23)22(2)16-7-9-17(10-8-16)27-13-19(24)25/h3-5,7-10,12H,6,11,13H2,1-2H3,(H,21,26)(H,24,25). The molecule has 0 heterocycles. The Morgan fingerprint density at radius 3 is 2.44 bits per heavy atom. The number of nitrogens with zero attached hydrogens (tertiary/aromatic N) is 1. The molecule has 0 spiro atoms. The minimum absolute atomic E-state index is 0.0699. The number of carbonyl (C=O) groups excluding carboxylic acids is 2. The maximum Gasteiger partial charge on any atom is 0.341 e. The highest BCUT2D eigenvalue weighted by Crippen LogP contribution is 2.19. The Bertz CT molecular complexity index is 817. The zero-order valence-corrected chi connectivity index (χ0v) is 15.3. The third kappa shape index (κ3) is 5.85. The van der Waals surface area contributed by atoms with Crippen LogP contribution in [0.1, 0.15) is 22.3 Å². The first-order valence-electron chi connectivity index (χ1n) is 8.43. The maximum atomic E-state index is 12.4. The van der Waals surface area contributed by atoms with Crippen LogP contribution in [0.15, 0.2) is 48.5 Å². The first-order valence-corrected chi connectivity index (χ1v) is 8.43. The zero-order chi connectivity index (χ0) is 19.8. The molecule has 0 atom stereocenters. The van der Waals surface area contributed by atoms with Crippen LogP contribution >= 0.6 is 0 Å². The van der Waals surface area contributed by atoms with E-state index in [1.807, 2.05) is 6.07 Å². The van der Waals surface area contributed by atoms with E-state index in [0.29, 0.717) is 29.8 Å². The summed E-state index contributed by atoms with van der Waals surface area (Å²) in [6.07, 6.45) is 0.818. The van der Waals surface area contributed by atoms with Crippen LogP contribution in [0.2, 0.25) is 0 Å². The molecule has 2 rings (SSSR count). The number of carboxylic acids is 1. The number of nitrogens with one attached hydrogen (secondary N) is 1. The van der Waals surface area contributed by atoms with Crippen LogP contribution in [0.5, 0.6) is 5.75 Å². The molecule has 0 aliphatic heterocycles. The molecule has 2 N–H and O–H groups in total. The van der Waals surface area contributed by atoms with Crippen molar-refractivity contribution in [3.63, 3.8) is 0 Å². The van der Waals surface area contributed by atoms with Crippen LogP contribution in [-0.2, 0) is 16.0 Å². The van der Waals surface area contributed by atoms with Gasteiger partial charge in [0.2, 0.25) is 5.91 Å². The molecule has 0 radical (unpaired) electrons. The van der Waals surface area contributed by atoms with Gasteiger partial charge in [0.15, 0.2) is 6.61 Å². The van der Waals surface area contributed by atoms with Crippen molar-refractivity contribution in [3.05, 3.63) is 59.7 Å². The van der Waals surface area contributed by atoms with Gasteiger partial charge in [-0.3, -0.25) is 9.59 Å². The Labute approximate surface area is 157 Å². The summed E-state index contributed by atoms with van der Waals surface area (Å²) in [7, 11) is 3.25. The summed E-state index contributed by atoms with van der Waals surface area (Å²) < 4.78 is 5.07. The van der Waals surface area contributed by atoms with Gasteiger partial charge in [-0.2, -0.15) is 0 Å². The van der Waals surface area contributed by atoms with E-state index in [4.69, 9.17) is 9.84 Å². The van der Waals surface area contributed by atoms with Crippen molar-refractivity contribution in [2.45, 2.75) is 12.8 Å². The monoisotopic (exact) mass is 370 g/mol. The first-order chi connectivity index (χ1) is 12.9. The highest BCUT2D eigenvalue weighted by molar-refractivity contribution is 5.94. The predicted molar refractivity (Wildman–Crippen MR) is 101 cm³/mol. The zero-order valence-electron chi connectivity index (χ0n) is 15.3. The Hall–Kier alpha value is -3.35. The summed E-state index contributed by atoms with van der Waals surface area (Å²) in [6.45, 7) is -0.413. The normalized spacial score (nSPS) is 10.1. The molecule has 0 aliphatic rings. The Balaban J connectivity index is 1.93. The number of carbonyl (C=O) groups is 3. The highest BCUT2D eigenvalue weighted by Gasteiger charge is 2.12. The average molecular weight is 370 g/mol. The number of hydrogen-bond acceptors (Lipinski definition) is 4. The molecule has 0 unspecified atom stereocenters. The van der Waals surface area contributed by atoms with Crippen LogP contribution in [0.3, 0.4) is 0 Å². The molecule has 142 valence electrons. The average Bonchev–Trinajstić information content (AvgIpc) is 2.69. The van der Waals surface area contributed by atoms with E-state index < -0.39 is 12.6 Å². The molecule has 2 aromatic carbocycles. The Kier molecular flexibility index (Phi) is 6.93. The van der Waals surface area contributed by atoms with Crippen molar-refractivity contribution < 1.29 is 24.2 Å². The summed E-state index contributed by atoms with van der Waals surface area (Å²) in [6, 6.07) is 13.8. The van der Waals surface area contributed by atoms with Crippen molar-refractivity contribution in [2.75, 3.05) is 25.6 Å². The summed E-state index contributed by atoms with van der Waals surface area (Å²) in [5, 5.41) is 11.2. The van der Waals surface area contributed by atoms with Crippen molar-refractivity contribution in [3.8, 4) is 5.75 Å². The van der Waals surface area contributed by atoms with Crippen LogP contribution in [0.4, 0.5) is 5.69 Å². The molecule has 0 saturated carbocycles. The summed E-state index contributed by atoms with van der Waals surface area (Å²) in [5.41, 5.74) is 2.16. The number of amides is 2. The van der Waals surface area contributed by atoms with Gasteiger partial charge in [-0.05, 0) is 48.4 Å². The molecule has 0 fully saturated rings. The van der Waals surface area contributed by atoms with Crippen molar-refractivity contribution >= 4 is 23.5 Å². The lowest BCUT2D eigenvalue weighted by Gasteiger charge is -2.18. The van der Waals surface area contributed by atoms with E-state index in [9.17, 15) is 14.4 Å². The van der Waals surface area contributed by atoms with E-state index in [0.717, 1.165) is 5.56 Å². The fraction of sp³-hybridized carbons (Fsp3) is 0.250. The van der Waals surface area contributed by atoms with E-state index in [-0.39, 0.29) is 11.8 Å². The predicted octanol–water partition coefficient (Wildman–Crippen LogP) is 2.11. The van der Waals surface area contributed by atoms with Crippen molar-refractivity contribution in [1.29, 1.82) is 0 Å². The molecule has 27 heavy (non-hydrogen) atoms. The maximum absolute atomic E-state index is 12.4. The minimum atomic E-state index is -1.05. The second-order valence-corrected chi connectivity index (χ2v) is 5.91. The fourth-order valence-electron chi connectivity index (χ4n) is 2.49. The second-order valence-electron chi connectivity index (χ2n) is 5.91. The van der Waals surface area contributed by atoms with Gasteiger partial charge < -0.3 is 20.1 Å². The second kappa shape index (κ2) is 9.38. The molecular weight excluding hydrogens is 348 g/mol. The SMILES string of the molecule is CNC(=O)c1cccc(CCC(=O)N(C)c2ccc(OCC(=O)O)cc2)c1. The van der Waals surface area contributed by atoms with Gasteiger partial charge in [0, 0.05) is 31.8 Å². The van der Waals surface area contributed by atoms with Gasteiger partial charge >= 0.3 is 5.97 Å². The number of rotatable bonds is 8. The quantitative estimate of drug-likeness (QED) is 0.742. The first kappa shape index (κ1) is 20.0. The van der Waals surface area contributed by atoms with Crippen LogP contribution < -0.4 is 15.0 Å². The summed E-state index contributed by atoms with van der Waals surface area (Å²) in [4.78, 5) is 36.1. The molecular formula is C20H22N2O5. The number of ether oxygens (including phenoxy) is 1. The summed E-state index contributed by atoms with van der Waals surface area (Å²) in [5.74, 6) is -0.857. The van der Waals surface area contributed by atoms with Gasteiger partial charge in [-0.25, -0.2) is 4.79 Å². The minimum Gasteiger partial charge on any atom is -0.482 e. The number of hydrogen-bond donors (Lipinski definition) is 2. The van der Waals surface area contributed by atoms with Gasteiger partial charge in [-0.1, -0.05) is 12.1 Å². The van der Waals surface area contributed by atoms with Gasteiger partial charge in [0.25, 0.3) is 5.91 Å². The van der Waals surface area contributed by atoms with Gasteiger partial charge in [-0.15, -0.1) is 0 Å². The molecule has 2 amide bonds. The largest absolute Gasteiger partial charge is 0.482 e. The van der Waals surface area contributed by atoms with Crippen LogP contribution in [0.25, 0.3) is 0 Å². The molecule has 7 heteroatoms. The molecule has 0 aliphatic carbocycles. The van der Waals surface area contributed by atoms with E-state index >= 15 is 0 Å². The van der Waals surface area contributed by atoms with Crippen LogP contribution in [-0.4, -0.2) is 43.6 Å².